The van der Waals surface area contributed by atoms with Crippen LogP contribution in [0.4, 0.5) is 0 Å². The number of hydrogen-bond donors (Lipinski definition) is 2. The predicted molar refractivity (Wildman–Crippen MR) is 61.0 cm³/mol. The fourth-order valence-electron chi connectivity index (χ4n) is 2.38. The van der Waals surface area contributed by atoms with Crippen LogP contribution in [-0.4, -0.2) is 81.8 Å². The van der Waals surface area contributed by atoms with Crippen LogP contribution in [-0.2, 0) is 9.59 Å². The van der Waals surface area contributed by atoms with E-state index in [2.05, 4.69) is 19.6 Å². The Balaban J connectivity index is 0.000000139. The van der Waals surface area contributed by atoms with Crippen molar-refractivity contribution in [2.45, 2.75) is 0 Å². The summed E-state index contributed by atoms with van der Waals surface area (Å²) in [5, 5.41) is 15.6. The normalized spacial score (nSPS) is 36.2. The van der Waals surface area contributed by atoms with Crippen molar-refractivity contribution < 1.29 is 19.8 Å². The Kier molecular flexibility index (Phi) is 3.92. The maximum absolute atomic E-state index is 9.55. The molecule has 4 heterocycles. The molecule has 0 aliphatic carbocycles. The first-order valence-electron chi connectivity index (χ1n) is 5.56. The predicted octanol–water partition coefficient (Wildman–Crippen LogP) is -1.31. The van der Waals surface area contributed by atoms with Crippen LogP contribution >= 0.6 is 0 Å². The van der Waals surface area contributed by atoms with Crippen LogP contribution in [0, 0.1) is 0 Å². The van der Waals surface area contributed by atoms with Gasteiger partial charge in [-0.25, -0.2) is 9.59 Å². The third-order valence-electron chi connectivity index (χ3n) is 2.77. The van der Waals surface area contributed by atoms with Gasteiger partial charge >= 0.3 is 11.9 Å². The molecule has 4 saturated heterocycles. The largest absolute Gasteiger partial charge is 0.478 e. The van der Waals surface area contributed by atoms with Gasteiger partial charge in [0.15, 0.2) is 0 Å². The molecule has 4 rings (SSSR count). The van der Waals surface area contributed by atoms with Crippen LogP contribution in [0.15, 0.2) is 12.2 Å². The molecule has 18 heavy (non-hydrogen) atoms. The molecule has 0 aromatic rings. The average Bonchev–Trinajstić information content (AvgIpc) is 2.25. The van der Waals surface area contributed by atoms with Crippen LogP contribution in [0.2, 0.25) is 0 Å². The lowest BCUT2D eigenvalue weighted by Gasteiger charge is -2.56. The quantitative estimate of drug-likeness (QED) is 0.589. The minimum absolute atomic E-state index is 0.558. The number of rotatable bonds is 2. The van der Waals surface area contributed by atoms with Crippen molar-refractivity contribution in [3.05, 3.63) is 12.2 Å². The lowest BCUT2D eigenvalue weighted by molar-refractivity contribution is -0.194. The monoisotopic (exact) mass is 256 g/mol. The van der Waals surface area contributed by atoms with Gasteiger partial charge in [-0.2, -0.15) is 0 Å². The molecule has 4 bridgehead atoms. The van der Waals surface area contributed by atoms with Gasteiger partial charge in [-0.05, 0) is 0 Å². The van der Waals surface area contributed by atoms with Gasteiger partial charge in [0.05, 0.1) is 40.0 Å². The van der Waals surface area contributed by atoms with Crippen LogP contribution in [0.3, 0.4) is 0 Å². The molecule has 0 saturated carbocycles. The maximum Gasteiger partial charge on any atom is 0.328 e. The highest BCUT2D eigenvalue weighted by Crippen LogP contribution is 2.20. The Labute approximate surface area is 104 Å². The highest BCUT2D eigenvalue weighted by Gasteiger charge is 2.36. The van der Waals surface area contributed by atoms with Crippen molar-refractivity contribution in [2.75, 3.05) is 40.0 Å². The fourth-order valence-corrected chi connectivity index (χ4v) is 2.38. The van der Waals surface area contributed by atoms with Crippen molar-refractivity contribution in [3.63, 3.8) is 0 Å². The first-order chi connectivity index (χ1) is 8.52. The molecule has 4 aliphatic rings. The van der Waals surface area contributed by atoms with Crippen LogP contribution in [0.25, 0.3) is 0 Å². The van der Waals surface area contributed by atoms with Crippen molar-refractivity contribution in [3.8, 4) is 0 Å². The Morgan fingerprint density at radius 1 is 0.667 bits per heavy atom. The topological polar surface area (TPSA) is 87.6 Å². The van der Waals surface area contributed by atoms with Gasteiger partial charge < -0.3 is 10.2 Å². The molecule has 0 radical (unpaired) electrons. The standard InChI is InChI=1S/C6H12N4.C4H4O4/c1-7-2-9-4-8(1)5-10(3-7)6-9;5-3(6)1-2-4(7)8/h1-6H2;1-2H,(H,5,6)(H,7,8). The highest BCUT2D eigenvalue weighted by molar-refractivity contribution is 5.89. The third-order valence-corrected chi connectivity index (χ3v) is 2.77. The number of carbonyl (C=O) groups is 2. The minimum Gasteiger partial charge on any atom is -0.478 e. The van der Waals surface area contributed by atoms with Gasteiger partial charge in [0, 0.05) is 12.2 Å². The first-order valence-corrected chi connectivity index (χ1v) is 5.56. The molecule has 0 aromatic carbocycles. The highest BCUT2D eigenvalue weighted by atomic mass is 16.4. The smallest absolute Gasteiger partial charge is 0.328 e. The number of nitrogens with zero attached hydrogens (tertiary/aromatic N) is 4. The van der Waals surface area contributed by atoms with E-state index in [1.807, 2.05) is 0 Å². The van der Waals surface area contributed by atoms with Crippen molar-refractivity contribution in [1.82, 2.24) is 19.6 Å². The summed E-state index contributed by atoms with van der Waals surface area (Å²) < 4.78 is 0. The zero-order valence-electron chi connectivity index (χ0n) is 9.90. The van der Waals surface area contributed by atoms with E-state index >= 15 is 0 Å². The average molecular weight is 256 g/mol. The Hall–Kier alpha value is -1.48. The summed E-state index contributed by atoms with van der Waals surface area (Å²) in [7, 11) is 0. The molecule has 2 N–H and O–H groups in total. The SMILES string of the molecule is C1N2CN3CN1CN(C2)C3.O=C(O)C=CC(=O)O. The van der Waals surface area contributed by atoms with E-state index in [4.69, 9.17) is 10.2 Å². The summed E-state index contributed by atoms with van der Waals surface area (Å²) in [5.41, 5.74) is 0. The number of carboxylic acids is 2. The molecule has 0 atom stereocenters. The second-order valence-corrected chi connectivity index (χ2v) is 4.54. The summed E-state index contributed by atoms with van der Waals surface area (Å²) >= 11 is 0. The molecular formula is C10H16N4O4. The van der Waals surface area contributed by atoms with E-state index in [0.717, 1.165) is 0 Å². The fraction of sp³-hybridized carbons (Fsp3) is 0.600. The van der Waals surface area contributed by atoms with Gasteiger partial charge in [-0.15, -0.1) is 0 Å². The lowest BCUT2D eigenvalue weighted by atomic mass is 10.4. The Morgan fingerprint density at radius 3 is 1.06 bits per heavy atom. The molecule has 4 fully saturated rings. The van der Waals surface area contributed by atoms with E-state index in [-0.39, 0.29) is 0 Å². The summed E-state index contributed by atoms with van der Waals surface area (Å²) in [5.74, 6) is -2.51. The number of aliphatic carboxylic acids is 2. The second-order valence-electron chi connectivity index (χ2n) is 4.54. The summed E-state index contributed by atoms with van der Waals surface area (Å²) in [6.07, 6.45) is 1.12. The van der Waals surface area contributed by atoms with Crippen molar-refractivity contribution in [2.24, 2.45) is 0 Å². The van der Waals surface area contributed by atoms with Crippen molar-refractivity contribution in [1.29, 1.82) is 0 Å². The van der Waals surface area contributed by atoms with Crippen LogP contribution in [0.5, 0.6) is 0 Å². The van der Waals surface area contributed by atoms with Gasteiger partial charge in [0.1, 0.15) is 0 Å². The Bertz CT molecular complexity index is 298. The van der Waals surface area contributed by atoms with E-state index in [1.54, 1.807) is 0 Å². The number of carboxylic acid groups (broad SMARTS) is 2. The molecule has 0 aromatic heterocycles. The molecule has 100 valence electrons. The van der Waals surface area contributed by atoms with Gasteiger partial charge in [0.25, 0.3) is 0 Å². The van der Waals surface area contributed by atoms with Gasteiger partial charge in [-0.3, -0.25) is 19.6 Å². The van der Waals surface area contributed by atoms with E-state index < -0.39 is 11.9 Å². The molecule has 8 nitrogen and oxygen atoms in total. The maximum atomic E-state index is 9.55. The minimum atomic E-state index is -1.26. The summed E-state index contributed by atoms with van der Waals surface area (Å²) in [6.45, 7) is 7.12. The van der Waals surface area contributed by atoms with Gasteiger partial charge in [0.2, 0.25) is 0 Å². The molecule has 0 spiro atoms. The Morgan fingerprint density at radius 2 is 0.889 bits per heavy atom. The second kappa shape index (κ2) is 5.44. The molecular weight excluding hydrogens is 240 g/mol. The third kappa shape index (κ3) is 3.50. The van der Waals surface area contributed by atoms with E-state index in [1.165, 1.54) is 40.0 Å². The zero-order chi connectivity index (χ0) is 13.1. The van der Waals surface area contributed by atoms with Crippen LogP contribution < -0.4 is 0 Å². The van der Waals surface area contributed by atoms with E-state index in [9.17, 15) is 9.59 Å². The molecule has 0 amide bonds. The number of hydrogen-bond acceptors (Lipinski definition) is 6. The van der Waals surface area contributed by atoms with Crippen molar-refractivity contribution >= 4 is 11.9 Å². The first kappa shape index (κ1) is 13.0. The van der Waals surface area contributed by atoms with Crippen LogP contribution in [0.1, 0.15) is 0 Å². The molecule has 4 aliphatic heterocycles. The molecule has 0 unspecified atom stereocenters. The summed E-state index contributed by atoms with van der Waals surface area (Å²) in [6, 6.07) is 0. The van der Waals surface area contributed by atoms with Gasteiger partial charge in [-0.1, -0.05) is 0 Å². The molecule has 8 heteroatoms. The lowest BCUT2D eigenvalue weighted by Crippen LogP contribution is -2.71. The summed E-state index contributed by atoms with van der Waals surface area (Å²) in [4.78, 5) is 29.0. The zero-order valence-corrected chi connectivity index (χ0v) is 9.90. The van der Waals surface area contributed by atoms with E-state index in [0.29, 0.717) is 12.2 Å².